The second-order valence-electron chi connectivity index (χ2n) is 9.80. The Morgan fingerprint density at radius 2 is 1.62 bits per heavy atom. The molecule has 1 aliphatic carbocycles. The number of allylic oxidation sites excluding steroid dienone is 2. The summed E-state index contributed by atoms with van der Waals surface area (Å²) in [6, 6.07) is 19.9. The lowest BCUT2D eigenvalue weighted by molar-refractivity contribution is -0.136. The lowest BCUT2D eigenvalue weighted by atomic mass is 9.93. The Morgan fingerprint density at radius 1 is 0.912 bits per heavy atom. The Hall–Kier alpha value is -2.43. The Balaban J connectivity index is 1.34. The van der Waals surface area contributed by atoms with Crippen LogP contribution in [0.3, 0.4) is 0 Å². The van der Waals surface area contributed by atoms with E-state index in [2.05, 4.69) is 59.5 Å². The Morgan fingerprint density at radius 3 is 2.35 bits per heavy atom. The van der Waals surface area contributed by atoms with Gasteiger partial charge in [0.2, 0.25) is 0 Å². The highest BCUT2D eigenvalue weighted by atomic mass is 16.5. The molecule has 1 saturated heterocycles. The zero-order chi connectivity index (χ0) is 23.6. The van der Waals surface area contributed by atoms with E-state index in [1.807, 2.05) is 12.1 Å². The van der Waals surface area contributed by atoms with Crippen LogP contribution in [0.15, 0.2) is 66.7 Å². The third-order valence-corrected chi connectivity index (χ3v) is 7.46. The van der Waals surface area contributed by atoms with Crippen molar-refractivity contribution in [3.8, 4) is 11.1 Å². The number of carboxylic acids is 1. The fourth-order valence-corrected chi connectivity index (χ4v) is 5.66. The third-order valence-electron chi connectivity index (χ3n) is 7.46. The number of nitrogens with zero attached hydrogens (tertiary/aromatic N) is 1. The highest BCUT2D eigenvalue weighted by molar-refractivity contribution is 5.66. The van der Waals surface area contributed by atoms with Gasteiger partial charge in [0.05, 0.1) is 12.7 Å². The van der Waals surface area contributed by atoms with Crippen LogP contribution in [0.25, 0.3) is 11.1 Å². The minimum atomic E-state index is -0.726. The van der Waals surface area contributed by atoms with Crippen molar-refractivity contribution < 1.29 is 14.6 Å². The first-order chi connectivity index (χ1) is 16.7. The predicted molar refractivity (Wildman–Crippen MR) is 138 cm³/mol. The van der Waals surface area contributed by atoms with Gasteiger partial charge in [-0.15, -0.1) is 0 Å². The van der Waals surface area contributed by atoms with Crippen LogP contribution < -0.4 is 0 Å². The zero-order valence-electron chi connectivity index (χ0n) is 20.3. The van der Waals surface area contributed by atoms with Gasteiger partial charge in [-0.3, -0.25) is 4.79 Å². The molecule has 4 heteroatoms. The molecule has 1 saturated carbocycles. The number of rotatable bonds is 11. The first-order valence-electron chi connectivity index (χ1n) is 13.1. The molecule has 3 atom stereocenters. The minimum absolute atomic E-state index is 0.213. The molecule has 0 radical (unpaired) electrons. The number of aliphatic carboxylic acids is 1. The van der Waals surface area contributed by atoms with Crippen LogP contribution in [0.4, 0.5) is 0 Å². The van der Waals surface area contributed by atoms with Crippen molar-refractivity contribution >= 4 is 5.97 Å². The Bertz CT molecular complexity index is 902. The van der Waals surface area contributed by atoms with E-state index >= 15 is 0 Å². The number of likely N-dealkylation sites (tertiary alicyclic amines) is 1. The van der Waals surface area contributed by atoms with Crippen LogP contribution in [0, 0.1) is 5.92 Å². The molecule has 2 aromatic carbocycles. The van der Waals surface area contributed by atoms with Gasteiger partial charge in [0.25, 0.3) is 0 Å². The largest absolute Gasteiger partial charge is 0.481 e. The number of ether oxygens (including phenoxy) is 1. The van der Waals surface area contributed by atoms with E-state index in [4.69, 9.17) is 9.84 Å². The molecule has 4 rings (SSSR count). The number of hydrogen-bond donors (Lipinski definition) is 1. The molecule has 1 heterocycles. The molecule has 3 unspecified atom stereocenters. The zero-order valence-corrected chi connectivity index (χ0v) is 20.3. The summed E-state index contributed by atoms with van der Waals surface area (Å²) < 4.78 is 6.55. The maximum absolute atomic E-state index is 10.7. The Kier molecular flexibility index (Phi) is 9.35. The fourth-order valence-electron chi connectivity index (χ4n) is 5.66. The first-order valence-corrected chi connectivity index (χ1v) is 13.1. The molecule has 1 aliphatic heterocycles. The van der Waals surface area contributed by atoms with Crippen molar-refractivity contribution in [2.45, 2.75) is 76.5 Å². The molecular formula is C30H39NO3. The normalized spacial score (nSPS) is 23.5. The highest BCUT2D eigenvalue weighted by Gasteiger charge is 2.39. The Labute approximate surface area is 204 Å². The SMILES string of the molecule is O=C(O)CC/C=C/CCC1C(OCc2ccc(-c3ccccc3)cc2)CCC1N1CCCCC1. The number of hydrogen-bond acceptors (Lipinski definition) is 3. The van der Waals surface area contributed by atoms with Gasteiger partial charge in [0.1, 0.15) is 0 Å². The lowest BCUT2D eigenvalue weighted by Gasteiger charge is -2.37. The van der Waals surface area contributed by atoms with E-state index in [-0.39, 0.29) is 6.42 Å². The number of benzene rings is 2. The average Bonchev–Trinajstić information content (AvgIpc) is 3.28. The van der Waals surface area contributed by atoms with Crippen LogP contribution in [0.2, 0.25) is 0 Å². The lowest BCUT2D eigenvalue weighted by Crippen LogP contribution is -2.43. The molecule has 2 aromatic rings. The maximum Gasteiger partial charge on any atom is 0.303 e. The van der Waals surface area contributed by atoms with Gasteiger partial charge in [-0.25, -0.2) is 0 Å². The van der Waals surface area contributed by atoms with Gasteiger partial charge in [-0.2, -0.15) is 0 Å². The second-order valence-corrected chi connectivity index (χ2v) is 9.80. The molecule has 4 nitrogen and oxygen atoms in total. The summed E-state index contributed by atoms with van der Waals surface area (Å²) in [7, 11) is 0. The molecule has 182 valence electrons. The first kappa shape index (κ1) is 24.7. The van der Waals surface area contributed by atoms with E-state index in [1.54, 1.807) is 0 Å². The topological polar surface area (TPSA) is 49.8 Å². The third kappa shape index (κ3) is 7.04. The molecule has 0 amide bonds. The predicted octanol–water partition coefficient (Wildman–Crippen LogP) is 6.70. The maximum atomic E-state index is 10.7. The van der Waals surface area contributed by atoms with Crippen molar-refractivity contribution in [3.05, 3.63) is 72.3 Å². The molecule has 0 aromatic heterocycles. The summed E-state index contributed by atoms with van der Waals surface area (Å²) in [5.74, 6) is -0.179. The van der Waals surface area contributed by atoms with Crippen LogP contribution in [-0.2, 0) is 16.1 Å². The van der Waals surface area contributed by atoms with Crippen molar-refractivity contribution in [1.82, 2.24) is 4.90 Å². The van der Waals surface area contributed by atoms with Crippen LogP contribution in [0.5, 0.6) is 0 Å². The standard InChI is InChI=1S/C30H39NO3/c32-30(33)14-8-2-1-7-13-27-28(31-21-9-4-10-22-31)19-20-29(27)34-23-24-15-17-26(18-16-24)25-11-5-3-6-12-25/h1-3,5-6,11-12,15-18,27-29H,4,7-10,13-14,19-23H2,(H,32,33)/b2-1+. The molecule has 1 N–H and O–H groups in total. The summed E-state index contributed by atoms with van der Waals surface area (Å²) in [4.78, 5) is 13.4. The molecular weight excluding hydrogens is 422 g/mol. The summed E-state index contributed by atoms with van der Waals surface area (Å²) in [6.45, 7) is 3.12. The molecule has 2 fully saturated rings. The van der Waals surface area contributed by atoms with Gasteiger partial charge < -0.3 is 14.7 Å². The molecule has 34 heavy (non-hydrogen) atoms. The van der Waals surface area contributed by atoms with Crippen LogP contribution >= 0.6 is 0 Å². The average molecular weight is 462 g/mol. The summed E-state index contributed by atoms with van der Waals surface area (Å²) >= 11 is 0. The van der Waals surface area contributed by atoms with Gasteiger partial charge >= 0.3 is 5.97 Å². The summed E-state index contributed by atoms with van der Waals surface area (Å²) in [5.41, 5.74) is 3.71. The highest BCUT2D eigenvalue weighted by Crippen LogP contribution is 2.37. The van der Waals surface area contributed by atoms with Crippen LogP contribution in [0.1, 0.15) is 63.4 Å². The van der Waals surface area contributed by atoms with Gasteiger partial charge in [-0.05, 0) is 74.7 Å². The van der Waals surface area contributed by atoms with Gasteiger partial charge in [-0.1, -0.05) is 73.2 Å². The number of carboxylic acid groups (broad SMARTS) is 1. The van der Waals surface area contributed by atoms with E-state index in [0.29, 0.717) is 31.1 Å². The number of piperidine rings is 1. The molecule has 0 bridgehead atoms. The van der Waals surface area contributed by atoms with E-state index in [1.165, 1.54) is 55.5 Å². The smallest absolute Gasteiger partial charge is 0.303 e. The summed E-state index contributed by atoms with van der Waals surface area (Å²) in [6.07, 6.45) is 13.8. The minimum Gasteiger partial charge on any atom is -0.481 e. The van der Waals surface area contributed by atoms with Gasteiger partial charge in [0, 0.05) is 18.4 Å². The van der Waals surface area contributed by atoms with E-state index in [9.17, 15) is 4.79 Å². The van der Waals surface area contributed by atoms with Gasteiger partial charge in [0.15, 0.2) is 0 Å². The molecule has 0 spiro atoms. The van der Waals surface area contributed by atoms with Crippen molar-refractivity contribution in [3.63, 3.8) is 0 Å². The second kappa shape index (κ2) is 12.9. The van der Waals surface area contributed by atoms with Crippen molar-refractivity contribution in [1.29, 1.82) is 0 Å². The number of carbonyl (C=O) groups is 1. The molecule has 2 aliphatic rings. The van der Waals surface area contributed by atoms with E-state index < -0.39 is 5.97 Å². The summed E-state index contributed by atoms with van der Waals surface area (Å²) in [5, 5.41) is 8.83. The van der Waals surface area contributed by atoms with Crippen LogP contribution in [-0.4, -0.2) is 41.2 Å². The van der Waals surface area contributed by atoms with E-state index in [0.717, 1.165) is 19.3 Å². The monoisotopic (exact) mass is 461 g/mol. The van der Waals surface area contributed by atoms with Crippen molar-refractivity contribution in [2.75, 3.05) is 13.1 Å². The van der Waals surface area contributed by atoms with Crippen molar-refractivity contribution in [2.24, 2.45) is 5.92 Å². The fraction of sp³-hybridized carbons (Fsp3) is 0.500. The quantitative estimate of drug-likeness (QED) is 0.378.